The lowest BCUT2D eigenvalue weighted by atomic mass is 9.93. The monoisotopic (exact) mass is 218 g/mol. The van der Waals surface area contributed by atoms with Gasteiger partial charge in [-0.05, 0) is 24.5 Å². The highest BCUT2D eigenvalue weighted by Crippen LogP contribution is 2.29. The Morgan fingerprint density at radius 2 is 2.25 bits per heavy atom. The second-order valence-electron chi connectivity index (χ2n) is 4.25. The van der Waals surface area contributed by atoms with Gasteiger partial charge in [0.05, 0.1) is 6.04 Å². The van der Waals surface area contributed by atoms with Gasteiger partial charge < -0.3 is 10.6 Å². The first-order valence-electron chi connectivity index (χ1n) is 5.81. The summed E-state index contributed by atoms with van der Waals surface area (Å²) in [6, 6.07) is 8.54. The van der Waals surface area contributed by atoms with Crippen LogP contribution in [0.3, 0.4) is 0 Å². The molecule has 1 aliphatic heterocycles. The number of hydrogen-bond acceptors (Lipinski definition) is 2. The number of rotatable bonds is 2. The van der Waals surface area contributed by atoms with Gasteiger partial charge in [0.1, 0.15) is 0 Å². The van der Waals surface area contributed by atoms with E-state index in [9.17, 15) is 4.79 Å². The van der Waals surface area contributed by atoms with Crippen LogP contribution in [0.25, 0.3) is 0 Å². The number of benzene rings is 1. The van der Waals surface area contributed by atoms with Crippen molar-refractivity contribution in [1.82, 2.24) is 4.90 Å². The first-order chi connectivity index (χ1) is 7.74. The fourth-order valence-electron chi connectivity index (χ4n) is 2.38. The van der Waals surface area contributed by atoms with Gasteiger partial charge in [0, 0.05) is 19.5 Å². The van der Waals surface area contributed by atoms with Crippen LogP contribution in [-0.4, -0.2) is 23.9 Å². The van der Waals surface area contributed by atoms with E-state index in [4.69, 9.17) is 5.73 Å². The molecule has 1 aromatic carbocycles. The van der Waals surface area contributed by atoms with Crippen molar-refractivity contribution in [3.8, 4) is 0 Å². The molecule has 86 valence electrons. The maximum atomic E-state index is 11.9. The highest BCUT2D eigenvalue weighted by molar-refractivity contribution is 5.77. The largest absolute Gasteiger partial charge is 0.336 e. The Kier molecular flexibility index (Phi) is 3.25. The molecule has 0 fully saturated rings. The van der Waals surface area contributed by atoms with E-state index in [1.165, 1.54) is 11.1 Å². The molecule has 1 atom stereocenters. The quantitative estimate of drug-likeness (QED) is 0.817. The fourth-order valence-corrected chi connectivity index (χ4v) is 2.38. The summed E-state index contributed by atoms with van der Waals surface area (Å²) in [5.41, 5.74) is 8.07. The predicted octanol–water partition coefficient (Wildman–Crippen LogP) is 1.48. The van der Waals surface area contributed by atoms with Gasteiger partial charge in [0.25, 0.3) is 0 Å². The Balaban J connectivity index is 2.21. The Hall–Kier alpha value is -1.35. The molecule has 0 aromatic heterocycles. The average molecular weight is 218 g/mol. The van der Waals surface area contributed by atoms with Crippen LogP contribution in [0.1, 0.15) is 30.5 Å². The number of hydrogen-bond donors (Lipinski definition) is 1. The minimum atomic E-state index is 0.171. The number of nitrogens with two attached hydrogens (primary N) is 1. The molecule has 3 nitrogen and oxygen atoms in total. The molecule has 0 spiro atoms. The van der Waals surface area contributed by atoms with Crippen LogP contribution < -0.4 is 5.73 Å². The molecular formula is C13H18N2O. The molecule has 1 aromatic rings. The molecule has 1 unspecified atom stereocenters. The summed E-state index contributed by atoms with van der Waals surface area (Å²) in [5, 5.41) is 0. The summed E-state index contributed by atoms with van der Waals surface area (Å²) < 4.78 is 0. The van der Waals surface area contributed by atoms with Crippen LogP contribution in [0.5, 0.6) is 0 Å². The second-order valence-corrected chi connectivity index (χ2v) is 4.25. The van der Waals surface area contributed by atoms with Gasteiger partial charge in [-0.3, -0.25) is 4.79 Å². The number of fused-ring (bicyclic) bond motifs is 1. The van der Waals surface area contributed by atoms with Gasteiger partial charge >= 0.3 is 0 Å². The SMILES string of the molecule is CC1c2ccccc2CCN1C(=O)CCN. The standard InChI is InChI=1S/C13H18N2O/c1-10-12-5-3-2-4-11(12)7-9-15(10)13(16)6-8-14/h2-5,10H,6-9,14H2,1H3. The van der Waals surface area contributed by atoms with Crippen molar-refractivity contribution in [1.29, 1.82) is 0 Å². The molecule has 0 saturated carbocycles. The fraction of sp³-hybridized carbons (Fsp3) is 0.462. The molecule has 3 heteroatoms. The zero-order valence-electron chi connectivity index (χ0n) is 9.65. The van der Waals surface area contributed by atoms with Crippen LogP contribution in [0.4, 0.5) is 0 Å². The molecule has 0 bridgehead atoms. The first kappa shape index (κ1) is 11.1. The van der Waals surface area contributed by atoms with Crippen LogP contribution in [-0.2, 0) is 11.2 Å². The molecule has 16 heavy (non-hydrogen) atoms. The normalized spacial score (nSPS) is 19.4. The van der Waals surface area contributed by atoms with Crippen molar-refractivity contribution in [3.05, 3.63) is 35.4 Å². The van der Waals surface area contributed by atoms with Crippen LogP contribution in [0.15, 0.2) is 24.3 Å². The molecule has 2 rings (SSSR count). The van der Waals surface area contributed by atoms with Crippen molar-refractivity contribution >= 4 is 5.91 Å². The summed E-state index contributed by atoms with van der Waals surface area (Å²) in [5.74, 6) is 0.171. The third-order valence-electron chi connectivity index (χ3n) is 3.27. The summed E-state index contributed by atoms with van der Waals surface area (Å²) in [7, 11) is 0. The molecule has 0 saturated heterocycles. The maximum absolute atomic E-state index is 11.9. The van der Waals surface area contributed by atoms with Crippen LogP contribution in [0, 0.1) is 0 Å². The third-order valence-corrected chi connectivity index (χ3v) is 3.27. The maximum Gasteiger partial charge on any atom is 0.224 e. The van der Waals surface area contributed by atoms with E-state index < -0.39 is 0 Å². The summed E-state index contributed by atoms with van der Waals surface area (Å²) >= 11 is 0. The Bertz CT molecular complexity index is 389. The minimum absolute atomic E-state index is 0.171. The van der Waals surface area contributed by atoms with Gasteiger partial charge in [-0.1, -0.05) is 24.3 Å². The van der Waals surface area contributed by atoms with E-state index in [2.05, 4.69) is 25.1 Å². The van der Waals surface area contributed by atoms with E-state index >= 15 is 0 Å². The zero-order chi connectivity index (χ0) is 11.5. The molecule has 0 aliphatic carbocycles. The van der Waals surface area contributed by atoms with Gasteiger partial charge in [-0.15, -0.1) is 0 Å². The number of nitrogens with zero attached hydrogens (tertiary/aromatic N) is 1. The van der Waals surface area contributed by atoms with Crippen molar-refractivity contribution in [3.63, 3.8) is 0 Å². The lowest BCUT2D eigenvalue weighted by Crippen LogP contribution is -2.39. The topological polar surface area (TPSA) is 46.3 Å². The molecule has 1 heterocycles. The Labute approximate surface area is 96.2 Å². The van der Waals surface area contributed by atoms with Crippen molar-refractivity contribution in [2.45, 2.75) is 25.8 Å². The van der Waals surface area contributed by atoms with Crippen molar-refractivity contribution in [2.24, 2.45) is 5.73 Å². The Morgan fingerprint density at radius 1 is 1.50 bits per heavy atom. The van der Waals surface area contributed by atoms with E-state index in [1.54, 1.807) is 0 Å². The number of carbonyl (C=O) groups excluding carboxylic acids is 1. The van der Waals surface area contributed by atoms with Crippen LogP contribution in [0.2, 0.25) is 0 Å². The summed E-state index contributed by atoms with van der Waals surface area (Å²) in [6.07, 6.45) is 1.41. The number of amides is 1. The highest BCUT2D eigenvalue weighted by Gasteiger charge is 2.26. The predicted molar refractivity (Wildman–Crippen MR) is 63.9 cm³/mol. The molecule has 1 aliphatic rings. The van der Waals surface area contributed by atoms with Gasteiger partial charge in [0.15, 0.2) is 0 Å². The zero-order valence-corrected chi connectivity index (χ0v) is 9.65. The van der Waals surface area contributed by atoms with E-state index in [1.807, 2.05) is 11.0 Å². The lowest BCUT2D eigenvalue weighted by molar-refractivity contribution is -0.133. The molecule has 0 radical (unpaired) electrons. The smallest absolute Gasteiger partial charge is 0.224 e. The highest BCUT2D eigenvalue weighted by atomic mass is 16.2. The van der Waals surface area contributed by atoms with E-state index in [-0.39, 0.29) is 11.9 Å². The number of carbonyl (C=O) groups is 1. The molecule has 2 N–H and O–H groups in total. The van der Waals surface area contributed by atoms with E-state index in [0.717, 1.165) is 13.0 Å². The minimum Gasteiger partial charge on any atom is -0.336 e. The Morgan fingerprint density at radius 3 is 3.00 bits per heavy atom. The van der Waals surface area contributed by atoms with Crippen molar-refractivity contribution in [2.75, 3.05) is 13.1 Å². The van der Waals surface area contributed by atoms with Gasteiger partial charge in [-0.25, -0.2) is 0 Å². The summed E-state index contributed by atoms with van der Waals surface area (Å²) in [4.78, 5) is 13.8. The lowest BCUT2D eigenvalue weighted by Gasteiger charge is -2.35. The average Bonchev–Trinajstić information content (AvgIpc) is 2.30. The van der Waals surface area contributed by atoms with Gasteiger partial charge in [-0.2, -0.15) is 0 Å². The van der Waals surface area contributed by atoms with Crippen LogP contribution >= 0.6 is 0 Å². The van der Waals surface area contributed by atoms with Gasteiger partial charge in [0.2, 0.25) is 5.91 Å². The third kappa shape index (κ3) is 1.95. The second kappa shape index (κ2) is 4.66. The first-order valence-corrected chi connectivity index (χ1v) is 5.81. The molecule has 1 amide bonds. The molecular weight excluding hydrogens is 200 g/mol. The van der Waals surface area contributed by atoms with Crippen molar-refractivity contribution < 1.29 is 4.79 Å². The summed E-state index contributed by atoms with van der Waals surface area (Å²) in [6.45, 7) is 3.34. The van der Waals surface area contributed by atoms with E-state index in [0.29, 0.717) is 13.0 Å².